The molecule has 21 heavy (non-hydrogen) atoms. The third-order valence-corrected chi connectivity index (χ3v) is 6.50. The molecule has 0 aliphatic carbocycles. The molecule has 0 bridgehead atoms. The first-order chi connectivity index (χ1) is 9.75. The maximum atomic E-state index is 12.9. The zero-order chi connectivity index (χ0) is 15.8. The van der Waals surface area contributed by atoms with Crippen LogP contribution in [0.15, 0.2) is 23.1 Å². The summed E-state index contributed by atoms with van der Waals surface area (Å²) in [6.07, 6.45) is 2.90. The smallest absolute Gasteiger partial charge is 0.243 e. The first-order valence-electron chi connectivity index (χ1n) is 7.19. The zero-order valence-electron chi connectivity index (χ0n) is 12.7. The Labute approximate surface area is 132 Å². The van der Waals surface area contributed by atoms with Crippen LogP contribution in [0, 0.1) is 6.92 Å². The van der Waals surface area contributed by atoms with E-state index in [1.54, 1.807) is 22.5 Å². The lowest BCUT2D eigenvalue weighted by molar-refractivity contribution is 0.204. The van der Waals surface area contributed by atoms with E-state index in [2.05, 4.69) is 0 Å². The number of aryl methyl sites for hydroxylation is 1. The summed E-state index contributed by atoms with van der Waals surface area (Å²) < 4.78 is 27.5. The summed E-state index contributed by atoms with van der Waals surface area (Å²) in [6, 6.07) is 5.04. The molecule has 0 unspecified atom stereocenters. The lowest BCUT2D eigenvalue weighted by Crippen LogP contribution is -2.47. The van der Waals surface area contributed by atoms with Crippen molar-refractivity contribution >= 4 is 27.2 Å². The van der Waals surface area contributed by atoms with E-state index in [0.717, 1.165) is 30.4 Å². The van der Waals surface area contributed by atoms with Gasteiger partial charge in [-0.2, -0.15) is 4.31 Å². The Hall–Kier alpha value is -0.980. The molecule has 1 aromatic carbocycles. The van der Waals surface area contributed by atoms with Crippen LogP contribution in [0.25, 0.3) is 0 Å². The maximum Gasteiger partial charge on any atom is 0.243 e. The molecule has 1 aliphatic rings. The molecule has 1 fully saturated rings. The molecule has 4 nitrogen and oxygen atoms in total. The monoisotopic (exact) mass is 326 g/mol. The van der Waals surface area contributed by atoms with Gasteiger partial charge in [0.25, 0.3) is 0 Å². The second-order valence-corrected chi connectivity index (χ2v) is 8.09. The molecule has 1 saturated heterocycles. The summed E-state index contributed by atoms with van der Waals surface area (Å²) in [5, 5.41) is 0. The Balaban J connectivity index is 2.44. The van der Waals surface area contributed by atoms with Crippen LogP contribution in [0.4, 0.5) is 0 Å². The Morgan fingerprint density at radius 3 is 2.33 bits per heavy atom. The molecular weight excluding hydrogens is 304 g/mol. The van der Waals surface area contributed by atoms with Gasteiger partial charge in [0.1, 0.15) is 4.99 Å². The van der Waals surface area contributed by atoms with E-state index in [1.165, 1.54) is 0 Å². The van der Waals surface area contributed by atoms with Crippen LogP contribution in [0.1, 0.15) is 44.2 Å². The molecule has 0 amide bonds. The van der Waals surface area contributed by atoms with E-state index in [0.29, 0.717) is 4.90 Å². The number of benzene rings is 1. The van der Waals surface area contributed by atoms with E-state index in [9.17, 15) is 8.42 Å². The molecule has 0 saturated carbocycles. The Morgan fingerprint density at radius 1 is 1.29 bits per heavy atom. The number of hydrogen-bond acceptors (Lipinski definition) is 3. The van der Waals surface area contributed by atoms with E-state index >= 15 is 0 Å². The van der Waals surface area contributed by atoms with Gasteiger partial charge in [-0.25, -0.2) is 8.42 Å². The average molecular weight is 326 g/mol. The second-order valence-electron chi connectivity index (χ2n) is 5.80. The number of piperidine rings is 1. The molecule has 0 radical (unpaired) electrons. The van der Waals surface area contributed by atoms with Gasteiger partial charge in [0.15, 0.2) is 0 Å². The van der Waals surface area contributed by atoms with Crippen LogP contribution in [0.5, 0.6) is 0 Å². The molecule has 1 aliphatic heterocycles. The standard InChI is InChI=1S/C15H22N2O2S2/c1-10-9-13(7-8-14(10)15(16)20)21(18,19)17-11(2)5-4-6-12(17)3/h7-9,11-12H,4-6H2,1-3H3,(H2,16,20)/t11-,12+. The molecule has 0 aromatic heterocycles. The molecule has 2 atom stereocenters. The fourth-order valence-corrected chi connectivity index (χ4v) is 5.26. The van der Waals surface area contributed by atoms with Gasteiger partial charge in [-0.05, 0) is 51.3 Å². The van der Waals surface area contributed by atoms with Crippen molar-refractivity contribution in [2.45, 2.75) is 57.0 Å². The number of rotatable bonds is 3. The normalized spacial score (nSPS) is 24.0. The Kier molecular flexibility index (Phi) is 4.70. The van der Waals surface area contributed by atoms with Crippen LogP contribution in [0.3, 0.4) is 0 Å². The van der Waals surface area contributed by atoms with Crippen molar-refractivity contribution in [2.24, 2.45) is 5.73 Å². The van der Waals surface area contributed by atoms with Gasteiger partial charge in [0, 0.05) is 17.6 Å². The van der Waals surface area contributed by atoms with Gasteiger partial charge >= 0.3 is 0 Å². The lowest BCUT2D eigenvalue weighted by atomic mass is 10.0. The topological polar surface area (TPSA) is 63.4 Å². The second kappa shape index (κ2) is 6.02. The van der Waals surface area contributed by atoms with Crippen molar-refractivity contribution in [3.05, 3.63) is 29.3 Å². The molecule has 0 spiro atoms. The van der Waals surface area contributed by atoms with Crippen molar-refractivity contribution in [2.75, 3.05) is 0 Å². The van der Waals surface area contributed by atoms with Crippen LogP contribution in [0.2, 0.25) is 0 Å². The third kappa shape index (κ3) is 3.12. The number of nitrogens with zero attached hydrogens (tertiary/aromatic N) is 1. The van der Waals surface area contributed by atoms with Gasteiger partial charge in [-0.15, -0.1) is 0 Å². The van der Waals surface area contributed by atoms with E-state index in [4.69, 9.17) is 18.0 Å². The molecule has 116 valence electrons. The summed E-state index contributed by atoms with van der Waals surface area (Å²) >= 11 is 4.97. The largest absolute Gasteiger partial charge is 0.389 e. The Bertz CT molecular complexity index is 646. The SMILES string of the molecule is Cc1cc(S(=O)(=O)N2[C@H](C)CCC[C@@H]2C)ccc1C(N)=S. The molecule has 1 aromatic rings. The average Bonchev–Trinajstić information content (AvgIpc) is 2.37. The van der Waals surface area contributed by atoms with Gasteiger partial charge < -0.3 is 5.73 Å². The van der Waals surface area contributed by atoms with E-state index < -0.39 is 10.0 Å². The highest BCUT2D eigenvalue weighted by Crippen LogP contribution is 2.30. The highest BCUT2D eigenvalue weighted by atomic mass is 32.2. The van der Waals surface area contributed by atoms with Crippen molar-refractivity contribution in [1.29, 1.82) is 0 Å². The summed E-state index contributed by atoms with van der Waals surface area (Å²) in [6.45, 7) is 5.78. The first kappa shape index (κ1) is 16.4. The number of nitrogens with two attached hydrogens (primary N) is 1. The fraction of sp³-hybridized carbons (Fsp3) is 0.533. The van der Waals surface area contributed by atoms with Crippen LogP contribution < -0.4 is 5.73 Å². The van der Waals surface area contributed by atoms with Crippen molar-refractivity contribution in [3.63, 3.8) is 0 Å². The Morgan fingerprint density at radius 2 is 1.86 bits per heavy atom. The van der Waals surface area contributed by atoms with Crippen molar-refractivity contribution in [1.82, 2.24) is 4.31 Å². The minimum absolute atomic E-state index is 0.0364. The van der Waals surface area contributed by atoms with Gasteiger partial charge in [-0.3, -0.25) is 0 Å². The van der Waals surface area contributed by atoms with Crippen LogP contribution in [-0.2, 0) is 10.0 Å². The predicted octanol–water partition coefficient (Wildman–Crippen LogP) is 2.58. The van der Waals surface area contributed by atoms with Gasteiger partial charge in [-0.1, -0.05) is 24.7 Å². The molecule has 1 heterocycles. The molecule has 2 rings (SSSR count). The summed E-state index contributed by atoms with van der Waals surface area (Å²) in [5.41, 5.74) is 7.15. The van der Waals surface area contributed by atoms with Gasteiger partial charge in [0.05, 0.1) is 4.90 Å². The molecule has 6 heteroatoms. The molecular formula is C15H22N2O2S2. The highest BCUT2D eigenvalue weighted by Gasteiger charge is 2.35. The van der Waals surface area contributed by atoms with Crippen LogP contribution >= 0.6 is 12.2 Å². The minimum atomic E-state index is -3.48. The number of thiocarbonyl (C=S) groups is 1. The predicted molar refractivity (Wildman–Crippen MR) is 88.9 cm³/mol. The highest BCUT2D eigenvalue weighted by molar-refractivity contribution is 7.89. The fourth-order valence-electron chi connectivity index (χ4n) is 3.07. The first-order valence-corrected chi connectivity index (χ1v) is 9.04. The molecule has 2 N–H and O–H groups in total. The number of sulfonamides is 1. The maximum absolute atomic E-state index is 12.9. The van der Waals surface area contributed by atoms with Gasteiger partial charge in [0.2, 0.25) is 10.0 Å². The van der Waals surface area contributed by atoms with E-state index in [1.807, 2.05) is 20.8 Å². The van der Waals surface area contributed by atoms with Crippen molar-refractivity contribution in [3.8, 4) is 0 Å². The van der Waals surface area contributed by atoms with Crippen LogP contribution in [-0.4, -0.2) is 29.8 Å². The number of hydrogen-bond donors (Lipinski definition) is 1. The third-order valence-electron chi connectivity index (χ3n) is 4.15. The quantitative estimate of drug-likeness (QED) is 0.867. The summed E-state index contributed by atoms with van der Waals surface area (Å²) in [4.78, 5) is 0.608. The zero-order valence-corrected chi connectivity index (χ0v) is 14.3. The summed E-state index contributed by atoms with van der Waals surface area (Å²) in [5.74, 6) is 0. The lowest BCUT2D eigenvalue weighted by Gasteiger charge is -2.37. The summed E-state index contributed by atoms with van der Waals surface area (Å²) in [7, 11) is -3.48. The van der Waals surface area contributed by atoms with E-state index in [-0.39, 0.29) is 17.1 Å². The minimum Gasteiger partial charge on any atom is -0.389 e. The van der Waals surface area contributed by atoms with Crippen molar-refractivity contribution < 1.29 is 8.42 Å².